The molecule has 1 aliphatic rings. The second-order valence-electron chi connectivity index (χ2n) is 5.11. The fraction of sp³-hybridized carbons (Fsp3) is 0.571. The Hall–Kier alpha value is -1.18. The first-order valence-corrected chi connectivity index (χ1v) is 9.01. The average molecular weight is 324 g/mol. The maximum absolute atomic E-state index is 12.2. The second-order valence-corrected chi connectivity index (χ2v) is 7.15. The lowest BCUT2D eigenvalue weighted by Gasteiger charge is -2.16. The predicted octanol–water partition coefficient (Wildman–Crippen LogP) is 2.30. The molecular formula is C14H20N4OS2. The number of carbonyl (C=O) groups is 1. The SMILES string of the molecule is CCN(CC)c1nc2sc(C(=O)NC3CCNC3)cc2s1. The molecule has 0 aromatic carbocycles. The number of carbonyl (C=O) groups excluding carboxylic acids is 1. The Bertz CT molecular complexity index is 594. The van der Waals surface area contributed by atoms with Gasteiger partial charge in [0.15, 0.2) is 5.13 Å². The number of fused-ring (bicyclic) bond motifs is 1. The minimum atomic E-state index is 0.0308. The summed E-state index contributed by atoms with van der Waals surface area (Å²) in [5.41, 5.74) is 0. The summed E-state index contributed by atoms with van der Waals surface area (Å²) in [5.74, 6) is 0.0308. The zero-order valence-corrected chi connectivity index (χ0v) is 13.9. The van der Waals surface area contributed by atoms with Gasteiger partial charge in [-0.1, -0.05) is 11.3 Å². The molecule has 7 heteroatoms. The number of aromatic nitrogens is 1. The van der Waals surface area contributed by atoms with Crippen molar-refractivity contribution in [3.05, 3.63) is 10.9 Å². The van der Waals surface area contributed by atoms with Crippen molar-refractivity contribution in [2.24, 2.45) is 0 Å². The van der Waals surface area contributed by atoms with Gasteiger partial charge in [-0.3, -0.25) is 4.79 Å². The Morgan fingerprint density at radius 2 is 2.29 bits per heavy atom. The van der Waals surface area contributed by atoms with E-state index in [1.165, 1.54) is 11.3 Å². The molecule has 0 radical (unpaired) electrons. The van der Waals surface area contributed by atoms with Gasteiger partial charge in [0.25, 0.3) is 5.91 Å². The minimum Gasteiger partial charge on any atom is -0.349 e. The standard InChI is InChI=1S/C14H20N4OS2/c1-3-18(4-2)14-17-13-11(21-14)7-10(20-13)12(19)16-9-5-6-15-8-9/h7,9,15H,3-6,8H2,1-2H3,(H,16,19). The third-order valence-corrected chi connectivity index (χ3v) is 5.95. The minimum absolute atomic E-state index is 0.0308. The largest absolute Gasteiger partial charge is 0.349 e. The number of nitrogens with zero attached hydrogens (tertiary/aromatic N) is 2. The normalized spacial score (nSPS) is 18.3. The Labute approximate surface area is 132 Å². The summed E-state index contributed by atoms with van der Waals surface area (Å²) >= 11 is 3.16. The maximum Gasteiger partial charge on any atom is 0.261 e. The van der Waals surface area contributed by atoms with Crippen LogP contribution in [0.1, 0.15) is 29.9 Å². The fourth-order valence-corrected chi connectivity index (χ4v) is 4.74. The van der Waals surface area contributed by atoms with E-state index >= 15 is 0 Å². The van der Waals surface area contributed by atoms with E-state index in [0.717, 1.165) is 52.1 Å². The Morgan fingerprint density at radius 3 is 2.90 bits per heavy atom. The molecule has 1 saturated heterocycles. The number of hydrogen-bond donors (Lipinski definition) is 2. The molecule has 3 heterocycles. The van der Waals surface area contributed by atoms with Crippen molar-refractivity contribution in [2.45, 2.75) is 26.3 Å². The van der Waals surface area contributed by atoms with Crippen LogP contribution in [0.4, 0.5) is 5.13 Å². The summed E-state index contributed by atoms with van der Waals surface area (Å²) in [6.45, 7) is 8.04. The van der Waals surface area contributed by atoms with E-state index in [1.807, 2.05) is 6.07 Å². The monoisotopic (exact) mass is 324 g/mol. The molecule has 0 bridgehead atoms. The summed E-state index contributed by atoms with van der Waals surface area (Å²) in [5, 5.41) is 7.39. The van der Waals surface area contributed by atoms with Crippen molar-refractivity contribution >= 4 is 43.2 Å². The first-order chi connectivity index (χ1) is 10.2. The highest BCUT2D eigenvalue weighted by molar-refractivity contribution is 7.29. The van der Waals surface area contributed by atoms with Gasteiger partial charge in [-0.25, -0.2) is 4.98 Å². The molecule has 0 aliphatic carbocycles. The Balaban J connectivity index is 1.75. The molecule has 114 valence electrons. The maximum atomic E-state index is 12.2. The van der Waals surface area contributed by atoms with Gasteiger partial charge in [0, 0.05) is 25.7 Å². The highest BCUT2D eigenvalue weighted by Crippen LogP contribution is 2.34. The zero-order chi connectivity index (χ0) is 14.8. The predicted molar refractivity (Wildman–Crippen MR) is 89.8 cm³/mol. The van der Waals surface area contributed by atoms with E-state index in [2.05, 4.69) is 34.4 Å². The van der Waals surface area contributed by atoms with Gasteiger partial charge in [-0.05, 0) is 32.9 Å². The third-order valence-electron chi connectivity index (χ3n) is 3.73. The van der Waals surface area contributed by atoms with Crippen molar-refractivity contribution < 1.29 is 4.79 Å². The molecule has 1 amide bonds. The number of amides is 1. The van der Waals surface area contributed by atoms with E-state index in [0.29, 0.717) is 0 Å². The fourth-order valence-electron chi connectivity index (χ4n) is 2.50. The van der Waals surface area contributed by atoms with Crippen molar-refractivity contribution in [1.29, 1.82) is 0 Å². The van der Waals surface area contributed by atoms with Crippen LogP contribution in [-0.4, -0.2) is 43.1 Å². The van der Waals surface area contributed by atoms with Gasteiger partial charge in [-0.2, -0.15) is 0 Å². The summed E-state index contributed by atoms with van der Waals surface area (Å²) in [6, 6.07) is 2.24. The van der Waals surface area contributed by atoms with Crippen molar-refractivity contribution in [3.63, 3.8) is 0 Å². The highest BCUT2D eigenvalue weighted by Gasteiger charge is 2.20. The number of rotatable bonds is 5. The van der Waals surface area contributed by atoms with E-state index in [9.17, 15) is 4.79 Å². The molecule has 1 atom stereocenters. The average Bonchev–Trinajstić information content (AvgIpc) is 3.15. The van der Waals surface area contributed by atoms with Gasteiger partial charge >= 0.3 is 0 Å². The molecule has 2 aromatic rings. The second kappa shape index (κ2) is 6.29. The molecule has 5 nitrogen and oxygen atoms in total. The topological polar surface area (TPSA) is 57.3 Å². The lowest BCUT2D eigenvalue weighted by molar-refractivity contribution is 0.0944. The molecule has 0 spiro atoms. The molecule has 1 unspecified atom stereocenters. The van der Waals surface area contributed by atoms with Gasteiger partial charge in [0.2, 0.25) is 0 Å². The number of thiophene rings is 1. The summed E-state index contributed by atoms with van der Waals surface area (Å²) in [7, 11) is 0. The number of hydrogen-bond acceptors (Lipinski definition) is 6. The number of thiazole rings is 1. The number of anilines is 1. The van der Waals surface area contributed by atoms with Crippen LogP contribution >= 0.6 is 22.7 Å². The Kier molecular flexibility index (Phi) is 4.42. The summed E-state index contributed by atoms with van der Waals surface area (Å²) in [6.07, 6.45) is 1.01. The lowest BCUT2D eigenvalue weighted by Crippen LogP contribution is -2.35. The van der Waals surface area contributed by atoms with Crippen LogP contribution in [0.15, 0.2) is 6.07 Å². The van der Waals surface area contributed by atoms with Crippen LogP contribution in [0.2, 0.25) is 0 Å². The first kappa shape index (κ1) is 14.7. The van der Waals surface area contributed by atoms with Crippen LogP contribution in [0.3, 0.4) is 0 Å². The molecule has 3 rings (SSSR count). The van der Waals surface area contributed by atoms with E-state index < -0.39 is 0 Å². The van der Waals surface area contributed by atoms with Gasteiger partial charge in [-0.15, -0.1) is 11.3 Å². The van der Waals surface area contributed by atoms with Crippen LogP contribution in [0, 0.1) is 0 Å². The van der Waals surface area contributed by atoms with Crippen molar-refractivity contribution in [2.75, 3.05) is 31.1 Å². The molecule has 2 aromatic heterocycles. The van der Waals surface area contributed by atoms with E-state index in [1.54, 1.807) is 11.3 Å². The third kappa shape index (κ3) is 3.04. The molecule has 2 N–H and O–H groups in total. The smallest absolute Gasteiger partial charge is 0.261 e. The molecular weight excluding hydrogens is 304 g/mol. The summed E-state index contributed by atoms with van der Waals surface area (Å²) in [4.78, 5) is 20.9. The van der Waals surface area contributed by atoms with Gasteiger partial charge in [0.05, 0.1) is 9.58 Å². The van der Waals surface area contributed by atoms with Crippen LogP contribution in [0.25, 0.3) is 9.53 Å². The molecule has 1 fully saturated rings. The first-order valence-electron chi connectivity index (χ1n) is 7.38. The number of nitrogens with one attached hydrogen (secondary N) is 2. The van der Waals surface area contributed by atoms with Crippen LogP contribution in [-0.2, 0) is 0 Å². The Morgan fingerprint density at radius 1 is 1.48 bits per heavy atom. The van der Waals surface area contributed by atoms with Gasteiger partial charge < -0.3 is 15.5 Å². The molecule has 1 aliphatic heterocycles. The quantitative estimate of drug-likeness (QED) is 0.886. The van der Waals surface area contributed by atoms with E-state index in [-0.39, 0.29) is 11.9 Å². The van der Waals surface area contributed by atoms with Crippen LogP contribution < -0.4 is 15.5 Å². The van der Waals surface area contributed by atoms with Gasteiger partial charge in [0.1, 0.15) is 4.83 Å². The van der Waals surface area contributed by atoms with E-state index in [4.69, 9.17) is 0 Å². The van der Waals surface area contributed by atoms with Crippen molar-refractivity contribution in [1.82, 2.24) is 15.6 Å². The lowest BCUT2D eigenvalue weighted by atomic mass is 10.2. The molecule has 0 saturated carbocycles. The van der Waals surface area contributed by atoms with Crippen molar-refractivity contribution in [3.8, 4) is 0 Å². The zero-order valence-electron chi connectivity index (χ0n) is 12.3. The highest BCUT2D eigenvalue weighted by atomic mass is 32.1. The molecule has 21 heavy (non-hydrogen) atoms. The summed E-state index contributed by atoms with van der Waals surface area (Å²) < 4.78 is 1.11. The van der Waals surface area contributed by atoms with Crippen LogP contribution in [0.5, 0.6) is 0 Å².